The Morgan fingerprint density at radius 1 is 1.21 bits per heavy atom. The van der Waals surface area contributed by atoms with Gasteiger partial charge in [-0.25, -0.2) is 12.8 Å². The second kappa shape index (κ2) is 6.98. The minimum absolute atomic E-state index is 0.0338. The lowest BCUT2D eigenvalue weighted by Gasteiger charge is -2.25. The normalized spacial score (nSPS) is 12.8. The Balaban J connectivity index is 2.44. The number of rotatable bonds is 6. The molecule has 8 heteroatoms. The van der Waals surface area contributed by atoms with E-state index in [1.807, 2.05) is 0 Å². The number of hydrogen-bond acceptors (Lipinski definition) is 4. The summed E-state index contributed by atoms with van der Waals surface area (Å²) in [5, 5.41) is 0. The van der Waals surface area contributed by atoms with E-state index in [2.05, 4.69) is 0 Å². The first-order valence-electron chi connectivity index (χ1n) is 6.94. The van der Waals surface area contributed by atoms with E-state index < -0.39 is 27.8 Å². The van der Waals surface area contributed by atoms with Crippen molar-refractivity contribution in [3.63, 3.8) is 0 Å². The maximum Gasteiger partial charge on any atom is 0.243 e. The molecule has 0 aromatic heterocycles. The molecule has 128 valence electrons. The summed E-state index contributed by atoms with van der Waals surface area (Å²) in [5.74, 6) is -0.998. The fraction of sp³-hybridized carbons (Fsp3) is 0.188. The van der Waals surface area contributed by atoms with Crippen molar-refractivity contribution in [1.82, 2.24) is 4.31 Å². The number of ether oxygens (including phenoxy) is 1. The maximum atomic E-state index is 13.4. The number of hydrogen-bond donors (Lipinski definition) is 1. The van der Waals surface area contributed by atoms with Gasteiger partial charge in [0.2, 0.25) is 15.9 Å². The molecule has 24 heavy (non-hydrogen) atoms. The van der Waals surface area contributed by atoms with E-state index in [4.69, 9.17) is 10.5 Å². The van der Waals surface area contributed by atoms with Crippen molar-refractivity contribution in [2.75, 3.05) is 14.2 Å². The number of primary amides is 1. The molecular weight excluding hydrogens is 335 g/mol. The summed E-state index contributed by atoms with van der Waals surface area (Å²) in [5.41, 5.74) is 5.51. The summed E-state index contributed by atoms with van der Waals surface area (Å²) in [7, 11) is -1.33. The van der Waals surface area contributed by atoms with Crippen LogP contribution in [-0.2, 0) is 14.8 Å². The predicted molar refractivity (Wildman–Crippen MR) is 86.3 cm³/mol. The molecule has 2 rings (SSSR count). The number of carbonyl (C=O) groups excluding carboxylic acids is 1. The molecule has 1 atom stereocenters. The quantitative estimate of drug-likeness (QED) is 0.856. The summed E-state index contributed by atoms with van der Waals surface area (Å²) in [6.45, 7) is 0. The first-order chi connectivity index (χ1) is 11.3. The molecule has 1 amide bonds. The minimum atomic E-state index is -4.01. The Kier molecular flexibility index (Phi) is 5.20. The highest BCUT2D eigenvalue weighted by Crippen LogP contribution is 2.27. The molecule has 0 fully saturated rings. The third-order valence-electron chi connectivity index (χ3n) is 3.53. The number of halogens is 1. The highest BCUT2D eigenvalue weighted by Gasteiger charge is 2.33. The number of benzene rings is 2. The lowest BCUT2D eigenvalue weighted by Crippen LogP contribution is -2.39. The first kappa shape index (κ1) is 17.9. The molecule has 6 nitrogen and oxygen atoms in total. The summed E-state index contributed by atoms with van der Waals surface area (Å²) >= 11 is 0. The van der Waals surface area contributed by atoms with Gasteiger partial charge in [0.25, 0.3) is 0 Å². The number of sulfonamides is 1. The van der Waals surface area contributed by atoms with Gasteiger partial charge < -0.3 is 10.5 Å². The first-order valence-corrected chi connectivity index (χ1v) is 8.38. The van der Waals surface area contributed by atoms with Gasteiger partial charge in [0.1, 0.15) is 17.6 Å². The fourth-order valence-electron chi connectivity index (χ4n) is 2.28. The van der Waals surface area contributed by atoms with Gasteiger partial charge >= 0.3 is 0 Å². The van der Waals surface area contributed by atoms with Gasteiger partial charge in [-0.2, -0.15) is 4.31 Å². The molecule has 2 aromatic carbocycles. The number of methoxy groups -OCH3 is 1. The van der Waals surface area contributed by atoms with Crippen LogP contribution < -0.4 is 10.5 Å². The highest BCUT2D eigenvalue weighted by atomic mass is 32.2. The van der Waals surface area contributed by atoms with Crippen LogP contribution in [0.25, 0.3) is 0 Å². The molecule has 0 heterocycles. The van der Waals surface area contributed by atoms with E-state index >= 15 is 0 Å². The zero-order valence-electron chi connectivity index (χ0n) is 13.1. The predicted octanol–water partition coefficient (Wildman–Crippen LogP) is 1.68. The van der Waals surface area contributed by atoms with Crippen LogP contribution in [0.2, 0.25) is 0 Å². The number of nitrogens with zero attached hydrogens (tertiary/aromatic N) is 1. The number of amides is 1. The fourth-order valence-corrected chi connectivity index (χ4v) is 3.60. The van der Waals surface area contributed by atoms with E-state index in [0.29, 0.717) is 5.75 Å². The summed E-state index contributed by atoms with van der Waals surface area (Å²) in [6, 6.07) is 9.46. The van der Waals surface area contributed by atoms with Crippen LogP contribution in [-0.4, -0.2) is 32.8 Å². The second-order valence-electron chi connectivity index (χ2n) is 5.06. The lowest BCUT2D eigenvalue weighted by atomic mass is 10.1. The lowest BCUT2D eigenvalue weighted by molar-refractivity contribution is -0.121. The van der Waals surface area contributed by atoms with Gasteiger partial charge in [-0.1, -0.05) is 12.1 Å². The highest BCUT2D eigenvalue weighted by molar-refractivity contribution is 7.89. The Morgan fingerprint density at radius 3 is 2.33 bits per heavy atom. The van der Waals surface area contributed by atoms with Crippen molar-refractivity contribution in [3.8, 4) is 5.75 Å². The zero-order valence-corrected chi connectivity index (χ0v) is 14.0. The SMILES string of the molecule is COc1ccc(S(=O)(=O)N(C)C(C(N)=O)c2cccc(F)c2)cc1. The molecule has 2 N–H and O–H groups in total. The largest absolute Gasteiger partial charge is 0.497 e. The monoisotopic (exact) mass is 352 g/mol. The molecule has 2 aromatic rings. The number of likely N-dealkylation sites (N-methyl/N-ethyl adjacent to an activating group) is 1. The van der Waals surface area contributed by atoms with E-state index in [1.165, 1.54) is 56.6 Å². The third-order valence-corrected chi connectivity index (χ3v) is 5.37. The van der Waals surface area contributed by atoms with Crippen LogP contribution in [0.3, 0.4) is 0 Å². The Morgan fingerprint density at radius 2 is 1.83 bits per heavy atom. The van der Waals surface area contributed by atoms with E-state index in [-0.39, 0.29) is 10.5 Å². The van der Waals surface area contributed by atoms with E-state index in [9.17, 15) is 17.6 Å². The summed E-state index contributed by atoms with van der Waals surface area (Å²) in [6.07, 6.45) is 0. The smallest absolute Gasteiger partial charge is 0.243 e. The van der Waals surface area contributed by atoms with Crippen molar-refractivity contribution in [1.29, 1.82) is 0 Å². The van der Waals surface area contributed by atoms with Crippen LogP contribution in [0.4, 0.5) is 4.39 Å². The Bertz CT molecular complexity index is 837. The van der Waals surface area contributed by atoms with E-state index in [1.54, 1.807) is 0 Å². The molecule has 0 aliphatic heterocycles. The van der Waals surface area contributed by atoms with Gasteiger partial charge in [0.15, 0.2) is 0 Å². The molecule has 1 unspecified atom stereocenters. The van der Waals surface area contributed by atoms with Crippen LogP contribution >= 0.6 is 0 Å². The molecule has 0 spiro atoms. The number of carbonyl (C=O) groups is 1. The van der Waals surface area contributed by atoms with Gasteiger partial charge in [0, 0.05) is 7.05 Å². The van der Waals surface area contributed by atoms with Crippen molar-refractivity contribution in [3.05, 3.63) is 59.9 Å². The minimum Gasteiger partial charge on any atom is -0.497 e. The van der Waals surface area contributed by atoms with Gasteiger partial charge in [-0.05, 0) is 42.0 Å². The molecule has 0 radical (unpaired) electrons. The Labute approximate surface area is 139 Å². The molecule has 0 saturated carbocycles. The van der Waals surface area contributed by atoms with Crippen LogP contribution in [0, 0.1) is 5.82 Å². The molecule has 0 aliphatic rings. The third kappa shape index (κ3) is 3.55. The molecule has 0 aliphatic carbocycles. The maximum absolute atomic E-state index is 13.4. The molecule has 0 bridgehead atoms. The van der Waals surface area contributed by atoms with Crippen molar-refractivity contribution >= 4 is 15.9 Å². The van der Waals surface area contributed by atoms with Gasteiger partial charge in [-0.3, -0.25) is 4.79 Å². The van der Waals surface area contributed by atoms with Gasteiger partial charge in [0.05, 0.1) is 12.0 Å². The number of nitrogens with two attached hydrogens (primary N) is 1. The van der Waals surface area contributed by atoms with E-state index in [0.717, 1.165) is 10.4 Å². The Hall–Kier alpha value is -2.45. The summed E-state index contributed by atoms with van der Waals surface area (Å²) in [4.78, 5) is 11.8. The zero-order chi connectivity index (χ0) is 17.9. The van der Waals surface area contributed by atoms with Crippen LogP contribution in [0.1, 0.15) is 11.6 Å². The van der Waals surface area contributed by atoms with Crippen molar-refractivity contribution < 1.29 is 22.3 Å². The average molecular weight is 352 g/mol. The van der Waals surface area contributed by atoms with Crippen LogP contribution in [0.15, 0.2) is 53.4 Å². The van der Waals surface area contributed by atoms with Crippen molar-refractivity contribution in [2.45, 2.75) is 10.9 Å². The summed E-state index contributed by atoms with van der Waals surface area (Å²) < 4.78 is 44.7. The standard InChI is InChI=1S/C16H17FN2O4S/c1-19(15(16(18)20)11-4-3-5-12(17)10-11)24(21,22)14-8-6-13(23-2)7-9-14/h3-10,15H,1-2H3,(H2,18,20). The van der Waals surface area contributed by atoms with Gasteiger partial charge in [-0.15, -0.1) is 0 Å². The molecular formula is C16H17FN2O4S. The van der Waals surface area contributed by atoms with Crippen molar-refractivity contribution in [2.24, 2.45) is 5.73 Å². The molecule has 0 saturated heterocycles. The average Bonchev–Trinajstić information content (AvgIpc) is 2.54. The topological polar surface area (TPSA) is 89.7 Å². The second-order valence-corrected chi connectivity index (χ2v) is 7.05. The van der Waals surface area contributed by atoms with Crippen LogP contribution in [0.5, 0.6) is 5.75 Å².